The molecule has 0 bridgehead atoms. The molecule has 5 heteroatoms. The molecule has 1 heterocycles. The zero-order chi connectivity index (χ0) is 11.5. The predicted molar refractivity (Wildman–Crippen MR) is 63.3 cm³/mol. The lowest BCUT2D eigenvalue weighted by atomic mass is 10.3. The van der Waals surface area contributed by atoms with E-state index < -0.39 is 0 Å². The van der Waals surface area contributed by atoms with Gasteiger partial charge in [-0.15, -0.1) is 0 Å². The lowest BCUT2D eigenvalue weighted by Crippen LogP contribution is -2.53. The number of piperazine rings is 1. The van der Waals surface area contributed by atoms with Crippen molar-refractivity contribution in [2.45, 2.75) is 25.8 Å². The normalized spacial score (nSPS) is 22.2. The Morgan fingerprint density at radius 3 is 2.19 bits per heavy atom. The molecule has 2 rings (SSSR count). The summed E-state index contributed by atoms with van der Waals surface area (Å²) in [6.45, 7) is 5.01. The van der Waals surface area contributed by atoms with E-state index in [0.717, 1.165) is 32.1 Å². The first-order valence-electron chi connectivity index (χ1n) is 5.94. The molecule has 0 unspecified atom stereocenters. The summed E-state index contributed by atoms with van der Waals surface area (Å²) in [4.78, 5) is 19.6. The van der Waals surface area contributed by atoms with Crippen molar-refractivity contribution >= 4 is 11.9 Å². The summed E-state index contributed by atoms with van der Waals surface area (Å²) in [5.41, 5.74) is 0. The molecule has 0 radical (unpaired) electrons. The average Bonchev–Trinajstić information content (AvgIpc) is 3.10. The summed E-state index contributed by atoms with van der Waals surface area (Å²) in [5, 5.41) is 3.43. The minimum absolute atomic E-state index is 0.171. The van der Waals surface area contributed by atoms with Gasteiger partial charge in [0.2, 0.25) is 5.91 Å². The molecule has 1 aliphatic heterocycles. The number of nitrogens with one attached hydrogen (secondary N) is 1. The Kier molecular flexibility index (Phi) is 3.31. The highest BCUT2D eigenvalue weighted by molar-refractivity contribution is 5.81. The third kappa shape index (κ3) is 2.65. The van der Waals surface area contributed by atoms with Crippen LogP contribution in [-0.2, 0) is 4.79 Å². The van der Waals surface area contributed by atoms with Crippen LogP contribution in [0.25, 0.3) is 0 Å². The monoisotopic (exact) mass is 224 g/mol. The van der Waals surface area contributed by atoms with Crippen molar-refractivity contribution in [3.8, 4) is 0 Å². The van der Waals surface area contributed by atoms with Gasteiger partial charge in [-0.05, 0) is 12.8 Å². The first-order chi connectivity index (χ1) is 7.70. The Balaban J connectivity index is 1.84. The Morgan fingerprint density at radius 2 is 1.75 bits per heavy atom. The third-order valence-corrected chi connectivity index (χ3v) is 3.15. The van der Waals surface area contributed by atoms with E-state index in [1.165, 1.54) is 12.8 Å². The fraction of sp³-hybridized carbons (Fsp3) is 0.818. The van der Waals surface area contributed by atoms with Crippen molar-refractivity contribution in [2.75, 3.05) is 33.2 Å². The minimum Gasteiger partial charge on any atom is -0.354 e. The standard InChI is InChI=1S/C11H20N4O/c1-9(16)14-5-7-15(8-6-14)11(12-2)13-10-3-4-10/h10H,3-8H2,1-2H3,(H,12,13). The summed E-state index contributed by atoms with van der Waals surface area (Å²) >= 11 is 0. The molecule has 1 aliphatic carbocycles. The largest absolute Gasteiger partial charge is 0.354 e. The molecule has 2 fully saturated rings. The molecule has 1 N–H and O–H groups in total. The van der Waals surface area contributed by atoms with Gasteiger partial charge in [-0.1, -0.05) is 0 Å². The van der Waals surface area contributed by atoms with Crippen molar-refractivity contribution < 1.29 is 4.79 Å². The molecule has 0 atom stereocenters. The van der Waals surface area contributed by atoms with Gasteiger partial charge in [0.05, 0.1) is 0 Å². The molecule has 90 valence electrons. The number of carbonyl (C=O) groups is 1. The van der Waals surface area contributed by atoms with Crippen LogP contribution in [0, 0.1) is 0 Å². The van der Waals surface area contributed by atoms with Gasteiger partial charge in [0.15, 0.2) is 5.96 Å². The number of hydrogen-bond acceptors (Lipinski definition) is 2. The van der Waals surface area contributed by atoms with Crippen molar-refractivity contribution in [2.24, 2.45) is 4.99 Å². The fourth-order valence-corrected chi connectivity index (χ4v) is 1.94. The lowest BCUT2D eigenvalue weighted by Gasteiger charge is -2.36. The first-order valence-corrected chi connectivity index (χ1v) is 5.94. The number of aliphatic imine (C=N–C) groups is 1. The van der Waals surface area contributed by atoms with E-state index in [0.29, 0.717) is 6.04 Å². The zero-order valence-electron chi connectivity index (χ0n) is 10.1. The highest BCUT2D eigenvalue weighted by atomic mass is 16.2. The number of amides is 1. The molecule has 1 saturated carbocycles. The van der Waals surface area contributed by atoms with Gasteiger partial charge in [0.1, 0.15) is 0 Å². The molecule has 0 aromatic rings. The molecule has 1 amide bonds. The predicted octanol–water partition coefficient (Wildman–Crippen LogP) is -0.112. The van der Waals surface area contributed by atoms with Crippen LogP contribution in [-0.4, -0.2) is 60.9 Å². The maximum absolute atomic E-state index is 11.2. The quantitative estimate of drug-likeness (QED) is 0.499. The van der Waals surface area contributed by atoms with E-state index in [4.69, 9.17) is 0 Å². The maximum Gasteiger partial charge on any atom is 0.219 e. The van der Waals surface area contributed by atoms with Gasteiger partial charge in [-0.3, -0.25) is 9.79 Å². The molecular formula is C11H20N4O. The summed E-state index contributed by atoms with van der Waals surface area (Å²) in [7, 11) is 1.82. The molecule has 0 aromatic carbocycles. The molecule has 16 heavy (non-hydrogen) atoms. The van der Waals surface area contributed by atoms with Crippen LogP contribution in [0.3, 0.4) is 0 Å². The highest BCUT2D eigenvalue weighted by Crippen LogP contribution is 2.19. The topological polar surface area (TPSA) is 47.9 Å². The van der Waals surface area contributed by atoms with Crippen LogP contribution in [0.2, 0.25) is 0 Å². The summed E-state index contributed by atoms with van der Waals surface area (Å²) < 4.78 is 0. The van der Waals surface area contributed by atoms with Crippen molar-refractivity contribution in [1.82, 2.24) is 15.1 Å². The zero-order valence-corrected chi connectivity index (χ0v) is 10.1. The molecule has 0 spiro atoms. The van der Waals surface area contributed by atoms with Gasteiger partial charge < -0.3 is 15.1 Å². The van der Waals surface area contributed by atoms with Gasteiger partial charge in [0, 0.05) is 46.2 Å². The van der Waals surface area contributed by atoms with Crippen molar-refractivity contribution in [3.63, 3.8) is 0 Å². The van der Waals surface area contributed by atoms with E-state index in [1.54, 1.807) is 6.92 Å². The number of rotatable bonds is 1. The van der Waals surface area contributed by atoms with E-state index >= 15 is 0 Å². The van der Waals surface area contributed by atoms with Crippen molar-refractivity contribution in [1.29, 1.82) is 0 Å². The Morgan fingerprint density at radius 1 is 1.19 bits per heavy atom. The smallest absolute Gasteiger partial charge is 0.219 e. The molecular weight excluding hydrogens is 204 g/mol. The summed E-state index contributed by atoms with van der Waals surface area (Å²) in [5.74, 6) is 1.16. The summed E-state index contributed by atoms with van der Waals surface area (Å²) in [6.07, 6.45) is 2.51. The number of guanidine groups is 1. The Labute approximate surface area is 96.5 Å². The number of hydrogen-bond donors (Lipinski definition) is 1. The minimum atomic E-state index is 0.171. The highest BCUT2D eigenvalue weighted by Gasteiger charge is 2.26. The van der Waals surface area contributed by atoms with Gasteiger partial charge >= 0.3 is 0 Å². The van der Waals surface area contributed by atoms with Crippen molar-refractivity contribution in [3.05, 3.63) is 0 Å². The Bertz CT molecular complexity index is 290. The third-order valence-electron chi connectivity index (χ3n) is 3.15. The molecule has 2 aliphatic rings. The average molecular weight is 224 g/mol. The molecule has 5 nitrogen and oxygen atoms in total. The maximum atomic E-state index is 11.2. The van der Waals surface area contributed by atoms with Crippen LogP contribution in [0.15, 0.2) is 4.99 Å². The van der Waals surface area contributed by atoms with Crippen LogP contribution < -0.4 is 5.32 Å². The van der Waals surface area contributed by atoms with Crippen LogP contribution >= 0.6 is 0 Å². The second-order valence-corrected chi connectivity index (χ2v) is 4.46. The van der Waals surface area contributed by atoms with E-state index in [1.807, 2.05) is 11.9 Å². The van der Waals surface area contributed by atoms with E-state index in [9.17, 15) is 4.79 Å². The SMILES string of the molecule is CN=C(NC1CC1)N1CCN(C(C)=O)CC1. The van der Waals surface area contributed by atoms with Crippen LogP contribution in [0.5, 0.6) is 0 Å². The van der Waals surface area contributed by atoms with Crippen LogP contribution in [0.1, 0.15) is 19.8 Å². The number of nitrogens with zero attached hydrogens (tertiary/aromatic N) is 3. The first kappa shape index (κ1) is 11.2. The molecule has 1 saturated heterocycles. The molecule has 0 aromatic heterocycles. The second-order valence-electron chi connectivity index (χ2n) is 4.46. The number of carbonyl (C=O) groups excluding carboxylic acids is 1. The van der Waals surface area contributed by atoms with Crippen LogP contribution in [0.4, 0.5) is 0 Å². The fourth-order valence-electron chi connectivity index (χ4n) is 1.94. The van der Waals surface area contributed by atoms with E-state index in [-0.39, 0.29) is 5.91 Å². The van der Waals surface area contributed by atoms with E-state index in [2.05, 4.69) is 15.2 Å². The van der Waals surface area contributed by atoms with Gasteiger partial charge in [-0.25, -0.2) is 0 Å². The van der Waals surface area contributed by atoms with Gasteiger partial charge in [0.25, 0.3) is 0 Å². The lowest BCUT2D eigenvalue weighted by molar-refractivity contribution is -0.130. The Hall–Kier alpha value is -1.26. The second kappa shape index (κ2) is 4.72. The summed E-state index contributed by atoms with van der Waals surface area (Å²) in [6, 6.07) is 0.629. The van der Waals surface area contributed by atoms with Gasteiger partial charge in [-0.2, -0.15) is 0 Å².